The van der Waals surface area contributed by atoms with Crippen molar-refractivity contribution >= 4 is 21.9 Å². The molecule has 16 heavy (non-hydrogen) atoms. The highest BCUT2D eigenvalue weighted by atomic mass is 79.9. The fourth-order valence-electron chi connectivity index (χ4n) is 2.22. The van der Waals surface area contributed by atoms with Crippen molar-refractivity contribution < 1.29 is 9.90 Å². The number of rotatable bonds is 4. The number of hydrogen-bond acceptors (Lipinski definition) is 1. The Hall–Kier alpha value is -0.830. The van der Waals surface area contributed by atoms with E-state index in [9.17, 15) is 9.90 Å². The molecule has 2 rings (SSSR count). The van der Waals surface area contributed by atoms with Crippen LogP contribution in [0.25, 0.3) is 0 Å². The zero-order valence-electron chi connectivity index (χ0n) is 9.03. The van der Waals surface area contributed by atoms with Crippen LogP contribution in [-0.2, 0) is 11.2 Å². The molecule has 1 saturated carbocycles. The minimum absolute atomic E-state index is 0.206. The van der Waals surface area contributed by atoms with Crippen LogP contribution in [0, 0.1) is 11.8 Å². The number of halogens is 1. The van der Waals surface area contributed by atoms with Crippen molar-refractivity contribution in [2.45, 2.75) is 25.7 Å². The molecule has 1 aromatic rings. The van der Waals surface area contributed by atoms with Gasteiger partial charge < -0.3 is 5.11 Å². The molecule has 1 aliphatic carbocycles. The third-order valence-electron chi connectivity index (χ3n) is 3.38. The second-order valence-corrected chi connectivity index (χ2v) is 5.39. The molecule has 0 spiro atoms. The van der Waals surface area contributed by atoms with Gasteiger partial charge in [-0.05, 0) is 42.9 Å². The molecule has 0 bridgehead atoms. The summed E-state index contributed by atoms with van der Waals surface area (Å²) in [6.45, 7) is 0. The Balaban J connectivity index is 2.07. The molecule has 0 saturated heterocycles. The van der Waals surface area contributed by atoms with Gasteiger partial charge in [0.05, 0.1) is 5.92 Å². The molecule has 0 heterocycles. The van der Waals surface area contributed by atoms with Crippen LogP contribution in [-0.4, -0.2) is 11.1 Å². The van der Waals surface area contributed by atoms with Gasteiger partial charge in [-0.3, -0.25) is 4.79 Å². The van der Waals surface area contributed by atoms with Crippen molar-refractivity contribution in [1.29, 1.82) is 0 Å². The Morgan fingerprint density at radius 2 is 2.25 bits per heavy atom. The Bertz CT molecular complexity index is 385. The molecule has 3 heteroatoms. The summed E-state index contributed by atoms with van der Waals surface area (Å²) in [6, 6.07) is 7.93. The first-order chi connectivity index (χ1) is 7.66. The standard InChI is InChI=1S/C13H15BrO2/c14-11-6-1-3-9(7-11)8-12(13(15)16)10-4-2-5-10/h1,3,6-7,10,12H,2,4-5,8H2,(H,15,16). The highest BCUT2D eigenvalue weighted by Crippen LogP contribution is 2.35. The SMILES string of the molecule is O=C(O)C(Cc1cccc(Br)c1)C1CCC1. The summed E-state index contributed by atoms with van der Waals surface area (Å²) in [5.41, 5.74) is 1.11. The predicted molar refractivity (Wildman–Crippen MR) is 66.3 cm³/mol. The van der Waals surface area contributed by atoms with E-state index in [1.54, 1.807) is 0 Å². The maximum Gasteiger partial charge on any atom is 0.307 e. The maximum absolute atomic E-state index is 11.2. The van der Waals surface area contributed by atoms with Crippen molar-refractivity contribution in [1.82, 2.24) is 0 Å². The molecule has 0 aliphatic heterocycles. The molecule has 1 aromatic carbocycles. The van der Waals surface area contributed by atoms with E-state index in [0.717, 1.165) is 22.9 Å². The van der Waals surface area contributed by atoms with E-state index >= 15 is 0 Å². The minimum Gasteiger partial charge on any atom is -0.481 e. The van der Waals surface area contributed by atoms with E-state index in [1.165, 1.54) is 6.42 Å². The molecule has 1 atom stereocenters. The highest BCUT2D eigenvalue weighted by molar-refractivity contribution is 9.10. The quantitative estimate of drug-likeness (QED) is 0.918. The lowest BCUT2D eigenvalue weighted by Crippen LogP contribution is -2.30. The first kappa shape index (κ1) is 11.6. The van der Waals surface area contributed by atoms with E-state index in [-0.39, 0.29) is 5.92 Å². The molecule has 0 aromatic heterocycles. The normalized spacial score (nSPS) is 17.8. The lowest BCUT2D eigenvalue weighted by atomic mass is 9.73. The van der Waals surface area contributed by atoms with Crippen LogP contribution in [0.5, 0.6) is 0 Å². The first-order valence-corrected chi connectivity index (χ1v) is 6.43. The third-order valence-corrected chi connectivity index (χ3v) is 3.87. The van der Waals surface area contributed by atoms with Crippen molar-refractivity contribution in [3.63, 3.8) is 0 Å². The second kappa shape index (κ2) is 5.00. The van der Waals surface area contributed by atoms with Gasteiger partial charge >= 0.3 is 5.97 Å². The van der Waals surface area contributed by atoms with Gasteiger partial charge in [-0.1, -0.05) is 34.5 Å². The number of aliphatic carboxylic acids is 1. The van der Waals surface area contributed by atoms with Gasteiger partial charge in [0.1, 0.15) is 0 Å². The number of benzene rings is 1. The van der Waals surface area contributed by atoms with Gasteiger partial charge in [-0.25, -0.2) is 0 Å². The Morgan fingerprint density at radius 3 is 2.75 bits per heavy atom. The van der Waals surface area contributed by atoms with Crippen molar-refractivity contribution in [2.24, 2.45) is 11.8 Å². The summed E-state index contributed by atoms with van der Waals surface area (Å²) in [5, 5.41) is 9.23. The number of carboxylic acid groups (broad SMARTS) is 1. The fraction of sp³-hybridized carbons (Fsp3) is 0.462. The van der Waals surface area contributed by atoms with E-state index in [1.807, 2.05) is 24.3 Å². The van der Waals surface area contributed by atoms with Crippen molar-refractivity contribution in [2.75, 3.05) is 0 Å². The zero-order chi connectivity index (χ0) is 11.5. The van der Waals surface area contributed by atoms with Crippen molar-refractivity contribution in [3.05, 3.63) is 34.3 Å². The summed E-state index contributed by atoms with van der Waals surface area (Å²) in [5.74, 6) is -0.468. The van der Waals surface area contributed by atoms with Crippen LogP contribution in [0.15, 0.2) is 28.7 Å². The maximum atomic E-state index is 11.2. The lowest BCUT2D eigenvalue weighted by Gasteiger charge is -2.31. The molecule has 2 nitrogen and oxygen atoms in total. The fourth-order valence-corrected chi connectivity index (χ4v) is 2.66. The van der Waals surface area contributed by atoms with Crippen LogP contribution in [0.3, 0.4) is 0 Å². The smallest absolute Gasteiger partial charge is 0.307 e. The van der Waals surface area contributed by atoms with E-state index in [2.05, 4.69) is 15.9 Å². The second-order valence-electron chi connectivity index (χ2n) is 4.47. The zero-order valence-corrected chi connectivity index (χ0v) is 10.6. The topological polar surface area (TPSA) is 37.3 Å². The van der Waals surface area contributed by atoms with Gasteiger partial charge in [0.15, 0.2) is 0 Å². The molecule has 1 N–H and O–H groups in total. The Labute approximate surface area is 104 Å². The molecular weight excluding hydrogens is 268 g/mol. The summed E-state index contributed by atoms with van der Waals surface area (Å²) in [6.07, 6.45) is 3.99. The van der Waals surface area contributed by atoms with Crippen LogP contribution in [0.1, 0.15) is 24.8 Å². The van der Waals surface area contributed by atoms with Gasteiger partial charge in [-0.15, -0.1) is 0 Å². The molecule has 1 aliphatic rings. The average Bonchev–Trinajstić information content (AvgIpc) is 2.14. The molecule has 86 valence electrons. The third kappa shape index (κ3) is 2.64. The lowest BCUT2D eigenvalue weighted by molar-refractivity contribution is -0.144. The van der Waals surface area contributed by atoms with Crippen LogP contribution >= 0.6 is 15.9 Å². The molecule has 1 unspecified atom stereocenters. The summed E-state index contributed by atoms with van der Waals surface area (Å²) in [4.78, 5) is 11.2. The average molecular weight is 283 g/mol. The molecule has 1 fully saturated rings. The summed E-state index contributed by atoms with van der Waals surface area (Å²) < 4.78 is 1.02. The Morgan fingerprint density at radius 1 is 1.50 bits per heavy atom. The van der Waals surface area contributed by atoms with Gasteiger partial charge in [-0.2, -0.15) is 0 Å². The van der Waals surface area contributed by atoms with Crippen molar-refractivity contribution in [3.8, 4) is 0 Å². The largest absolute Gasteiger partial charge is 0.481 e. The predicted octanol–water partition coefficient (Wildman–Crippen LogP) is 3.49. The molecular formula is C13H15BrO2. The number of carboxylic acids is 1. The van der Waals surface area contributed by atoms with Crippen LogP contribution < -0.4 is 0 Å². The number of carbonyl (C=O) groups is 1. The van der Waals surface area contributed by atoms with E-state index in [0.29, 0.717) is 12.3 Å². The summed E-state index contributed by atoms with van der Waals surface area (Å²) in [7, 11) is 0. The first-order valence-electron chi connectivity index (χ1n) is 5.64. The van der Waals surface area contributed by atoms with Gasteiger partial charge in [0.25, 0.3) is 0 Å². The molecule has 0 radical (unpaired) electrons. The summed E-state index contributed by atoms with van der Waals surface area (Å²) >= 11 is 3.41. The van der Waals surface area contributed by atoms with Crippen LogP contribution in [0.2, 0.25) is 0 Å². The van der Waals surface area contributed by atoms with E-state index in [4.69, 9.17) is 0 Å². The highest BCUT2D eigenvalue weighted by Gasteiger charge is 2.32. The minimum atomic E-state index is -0.648. The van der Waals surface area contributed by atoms with Crippen LogP contribution in [0.4, 0.5) is 0 Å². The van der Waals surface area contributed by atoms with Gasteiger partial charge in [0, 0.05) is 4.47 Å². The molecule has 0 amide bonds. The van der Waals surface area contributed by atoms with Gasteiger partial charge in [0.2, 0.25) is 0 Å². The number of hydrogen-bond donors (Lipinski definition) is 1. The van der Waals surface area contributed by atoms with E-state index < -0.39 is 5.97 Å². The Kier molecular flexibility index (Phi) is 3.64. The monoisotopic (exact) mass is 282 g/mol.